The number of esters is 2. The molecule has 0 saturated heterocycles. The first-order valence-corrected chi connectivity index (χ1v) is 43.1. The van der Waals surface area contributed by atoms with Crippen molar-refractivity contribution in [2.24, 2.45) is 20.5 Å². The van der Waals surface area contributed by atoms with E-state index >= 15 is 0 Å². The summed E-state index contributed by atoms with van der Waals surface area (Å²) in [6.45, 7) is -0.424. The first-order chi connectivity index (χ1) is 54.0. The zero-order chi connectivity index (χ0) is 81.5. The zero-order valence-corrected chi connectivity index (χ0v) is 68.3. The average Bonchev–Trinajstić information content (AvgIpc) is 1.67. The van der Waals surface area contributed by atoms with E-state index in [-0.39, 0.29) is 90.0 Å². The smallest absolute Gasteiger partial charge is 0.870 e. The van der Waals surface area contributed by atoms with Gasteiger partial charge in [0.25, 0.3) is 30.1 Å². The van der Waals surface area contributed by atoms with E-state index in [1.54, 1.807) is 60.8 Å². The van der Waals surface area contributed by atoms with E-state index in [1.165, 1.54) is 65.1 Å². The van der Waals surface area contributed by atoms with Crippen LogP contribution < -0.4 is 64.4 Å². The van der Waals surface area contributed by atoms with E-state index in [2.05, 4.69) is 72.2 Å². The van der Waals surface area contributed by atoms with Crippen LogP contribution in [0, 0.1) is 12.3 Å². The molecule has 0 spiro atoms. The Kier molecular flexibility index (Phi) is 39.6. The number of carbonyl (C=O) groups excluding carboxylic acids is 5. The molecule has 0 aliphatic heterocycles. The number of hydrogen-bond donors (Lipinski definition) is 7. The topological polar surface area (TPSA) is 564 Å². The number of thioether (sulfide) groups is 3. The van der Waals surface area contributed by atoms with Crippen molar-refractivity contribution < 1.29 is 107 Å². The fraction of sp³-hybridized carbons (Fsp3) is 0.261. The first-order valence-electron chi connectivity index (χ1n) is 32.6. The van der Waals surface area contributed by atoms with Gasteiger partial charge in [-0.05, 0) is 76.8 Å². The fourth-order valence-electron chi connectivity index (χ4n) is 9.20. The van der Waals surface area contributed by atoms with Crippen LogP contribution in [0.2, 0.25) is 0 Å². The predicted octanol–water partition coefficient (Wildman–Crippen LogP) is 3.63. The number of hydrogen-bond acceptors (Lipinski definition) is 32. The number of carbonyl (C=O) groups is 6. The van der Waals surface area contributed by atoms with Crippen molar-refractivity contribution in [1.82, 2.24) is 60.9 Å². The quantitative estimate of drug-likeness (QED) is 0.00744. The number of terminal acetylenes is 1. The van der Waals surface area contributed by atoms with Crippen LogP contribution in [0.5, 0.6) is 17.2 Å². The third-order valence-corrected chi connectivity index (χ3v) is 24.7. The first kappa shape index (κ1) is 96.3. The van der Waals surface area contributed by atoms with E-state index < -0.39 is 83.8 Å². The minimum absolute atomic E-state index is 0. The van der Waals surface area contributed by atoms with Gasteiger partial charge in [0.1, 0.15) is 86.2 Å². The third-order valence-electron chi connectivity index (χ3n) is 14.4. The second-order valence-electron chi connectivity index (χ2n) is 23.0. The van der Waals surface area contributed by atoms with Gasteiger partial charge in [-0.2, -0.15) is 35.3 Å². The maximum Gasteiger partial charge on any atom is 1.00 e. The molecule has 0 bridgehead atoms. The molecule has 3 atom stereocenters. The number of aliphatic carboxylic acids is 1. The van der Waals surface area contributed by atoms with Gasteiger partial charge in [-0.15, -0.1) is 50.6 Å². The molecule has 0 aliphatic rings. The summed E-state index contributed by atoms with van der Waals surface area (Å²) in [7, 11) is -9.00. The molecule has 5 heterocycles. The molecular formula is C69H75LiN18O19S9. The van der Waals surface area contributed by atoms with Crippen LogP contribution in [-0.4, -0.2) is 179 Å². The van der Waals surface area contributed by atoms with Crippen LogP contribution in [0.3, 0.4) is 0 Å². The number of carboxylic acid groups (broad SMARTS) is 1. The number of carboxylic acids is 1. The number of primary sulfonamides is 3. The molecule has 11 N–H and O–H groups in total. The van der Waals surface area contributed by atoms with E-state index in [4.69, 9.17) is 46.3 Å². The van der Waals surface area contributed by atoms with Crippen LogP contribution in [0.1, 0.15) is 35.5 Å². The van der Waals surface area contributed by atoms with Crippen LogP contribution in [-0.2, 0) is 112 Å². The second-order valence-corrected chi connectivity index (χ2v) is 34.4. The summed E-state index contributed by atoms with van der Waals surface area (Å²) in [6, 6.07) is 41.5. The van der Waals surface area contributed by atoms with E-state index in [0.29, 0.717) is 82.3 Å². The van der Waals surface area contributed by atoms with Crippen LogP contribution in [0.15, 0.2) is 176 Å². The predicted molar refractivity (Wildman–Crippen MR) is 434 cm³/mol. The van der Waals surface area contributed by atoms with Gasteiger partial charge in [0.15, 0.2) is 0 Å². The summed E-state index contributed by atoms with van der Waals surface area (Å²) >= 11 is 7.32. The molecule has 47 heteroatoms. The number of azide groups is 1. The Labute approximate surface area is 701 Å². The van der Waals surface area contributed by atoms with Crippen LogP contribution >= 0.6 is 69.3 Å². The van der Waals surface area contributed by atoms with Crippen molar-refractivity contribution >= 4 is 166 Å². The number of methoxy groups -OCH3 is 2. The Morgan fingerprint density at radius 2 is 0.888 bits per heavy atom. The second kappa shape index (κ2) is 47.7. The number of fused-ring (bicyclic) bond motifs is 3. The number of rotatable bonds is 35. The van der Waals surface area contributed by atoms with Crippen molar-refractivity contribution in [3.8, 4) is 29.6 Å². The molecule has 3 amide bonds. The molecule has 610 valence electrons. The third kappa shape index (κ3) is 32.1. The summed E-state index contributed by atoms with van der Waals surface area (Å²) in [6.07, 6.45) is 8.14. The number of aromatic nitrogens is 9. The molecule has 0 radical (unpaired) electrons. The van der Waals surface area contributed by atoms with Crippen molar-refractivity contribution in [3.05, 3.63) is 197 Å². The van der Waals surface area contributed by atoms with Crippen molar-refractivity contribution in [2.75, 3.05) is 44.6 Å². The van der Waals surface area contributed by atoms with Gasteiger partial charge < -0.3 is 50.2 Å². The summed E-state index contributed by atoms with van der Waals surface area (Å²) in [4.78, 5) is 86.1. The van der Waals surface area contributed by atoms with Crippen molar-refractivity contribution in [2.45, 2.75) is 82.1 Å². The molecular weight excluding hydrogens is 1680 g/mol. The molecule has 0 unspecified atom stereocenters. The Balaban J connectivity index is 0.000000287. The van der Waals surface area contributed by atoms with Crippen molar-refractivity contribution in [1.29, 1.82) is 0 Å². The molecule has 0 aliphatic carbocycles. The molecule has 11 aromatic rings. The summed E-state index contributed by atoms with van der Waals surface area (Å²) in [5.74, 6) is 3.25. The van der Waals surface area contributed by atoms with Crippen LogP contribution in [0.4, 0.5) is 0 Å². The van der Waals surface area contributed by atoms with Gasteiger partial charge in [-0.1, -0.05) is 120 Å². The molecule has 0 fully saturated rings. The van der Waals surface area contributed by atoms with E-state index in [0.717, 1.165) is 56.5 Å². The standard InChI is InChI=1S/C23H24N6O6S3.C22H22N6O6S3.C13H16N4O3S.C10H8N2O3S2.CH4.Li.H2O/c1-34-22(31)19(14-36-13-15-5-3-2-4-6-15)25-21(30)11-29-10-16(27-28-29)12-35-17-7-8-18-20(9-17)37-23(26-18)38(24,32)33;23-37(32,33)22-25-17-7-6-16(8-19(17)36-22)34-11-15-9-28(27-26-15)10-20(29)24-18(21(30)31)13-35-12-14-4-2-1-3-5-14;1-20-13(19)11(16-12(18)7-15-17-14)9-21-8-10-5-3-2-4-6-10;1-2-5-15-7-3-4-8-9(6-7)16-10(12-8)17(11,13)14;;;/h2-10,19H,11-14H2,1H3,(H,25,30)(H2,24,32,33);1-9,18H,10-13H2,(H,24,29)(H,30,31)(H2,23,32,33);2-6,11H,7-9H2,1H3,(H,16,18);1,3-4,6H,5H2,(H2,11,13,14);1H4;;1H2/q;;;;;+1;/p-1/t19-;18-;11-;;;;/m000..../s1. The van der Waals surface area contributed by atoms with Gasteiger partial charge in [0.2, 0.25) is 30.7 Å². The van der Waals surface area contributed by atoms with E-state index in [9.17, 15) is 59.1 Å². The van der Waals surface area contributed by atoms with Gasteiger partial charge in [-0.3, -0.25) is 14.4 Å². The van der Waals surface area contributed by atoms with E-state index in [1.807, 2.05) is 91.0 Å². The Bertz CT molecular complexity index is 5550. The Morgan fingerprint density at radius 1 is 0.552 bits per heavy atom. The maximum absolute atomic E-state index is 12.6. The summed E-state index contributed by atoms with van der Waals surface area (Å²) < 4.78 is 98.4. The molecule has 37 nitrogen and oxygen atoms in total. The molecule has 6 aromatic carbocycles. The SMILES string of the molecule is C.C#CCOc1ccc2nc(S(N)(=O)=O)sc2c1.COC(=O)[C@H](CSCc1ccccc1)NC(=O)CN=[N+]=[N-].COC(=O)[C@H](CSCc1ccccc1)NC(=O)Cn1cc(COc2ccc3nc(S(N)(=O)=O)sc3c2)nn1.NS(=O)(=O)c1nc2ccc(OCc3cn(CC(=O)N[C@@H](CSCc4ccccc4)C(=O)O)nn3)cc2s1.[Li+].[OH-]. The minimum atomic E-state index is -3.89. The van der Waals surface area contributed by atoms with Crippen molar-refractivity contribution in [3.63, 3.8) is 0 Å². The Morgan fingerprint density at radius 3 is 1.22 bits per heavy atom. The number of nitrogens with two attached hydrogens (primary N) is 3. The van der Waals surface area contributed by atoms with Gasteiger partial charge in [-0.25, -0.2) is 79.4 Å². The molecule has 116 heavy (non-hydrogen) atoms. The molecule has 0 saturated carbocycles. The number of nitrogens with zero attached hydrogens (tertiary/aromatic N) is 12. The number of nitrogens with one attached hydrogen (secondary N) is 3. The van der Waals surface area contributed by atoms with Crippen LogP contribution in [0.25, 0.3) is 41.1 Å². The number of ether oxygens (including phenoxy) is 5. The fourth-order valence-corrected chi connectivity index (χ4v) is 17.3. The maximum atomic E-state index is 12.6. The minimum Gasteiger partial charge on any atom is -0.870 e. The molecule has 11 rings (SSSR count). The number of sulfonamides is 3. The summed E-state index contributed by atoms with van der Waals surface area (Å²) in [5, 5.41) is 51.4. The largest absolute Gasteiger partial charge is 1.00 e. The number of thiazole rings is 3. The Hall–Kier alpha value is -10.3. The van der Waals surface area contributed by atoms with Gasteiger partial charge >= 0.3 is 36.8 Å². The monoisotopic (exact) mass is 1750 g/mol. The van der Waals surface area contributed by atoms with Gasteiger partial charge in [0.05, 0.1) is 57.3 Å². The average molecular weight is 1760 g/mol. The zero-order valence-electron chi connectivity index (χ0n) is 60.9. The van der Waals surface area contributed by atoms with Gasteiger partial charge in [0, 0.05) is 39.4 Å². The number of amides is 3. The normalized spacial score (nSPS) is 11.6. The summed E-state index contributed by atoms with van der Waals surface area (Å²) in [5.41, 5.74) is 13.9. The molecule has 5 aromatic heterocycles. The number of benzene rings is 6.